The molecule has 3 heterocycles. The van der Waals surface area contributed by atoms with Gasteiger partial charge in [0, 0.05) is 13.1 Å². The van der Waals surface area contributed by atoms with Crippen molar-refractivity contribution in [1.29, 1.82) is 0 Å². The molecule has 0 amide bonds. The van der Waals surface area contributed by atoms with Crippen molar-refractivity contribution in [2.24, 2.45) is 0 Å². The molecular weight excluding hydrogens is 329 g/mol. The fourth-order valence-corrected chi connectivity index (χ4v) is 3.42. The fraction of sp³-hybridized carbons (Fsp3) is 0.688. The van der Waals surface area contributed by atoms with Gasteiger partial charge in [-0.15, -0.1) is 0 Å². The molecule has 8 nitrogen and oxygen atoms in total. The monoisotopic (exact) mass is 351 g/mol. The van der Waals surface area contributed by atoms with Crippen molar-refractivity contribution < 1.29 is 19.3 Å². The lowest BCUT2D eigenvalue weighted by atomic mass is 9.98. The fourth-order valence-electron chi connectivity index (χ4n) is 3.42. The third-order valence-corrected chi connectivity index (χ3v) is 5.09. The average Bonchev–Trinajstić information content (AvgIpc) is 3.30. The van der Waals surface area contributed by atoms with Crippen molar-refractivity contribution in [3.05, 3.63) is 12.2 Å². The number of aliphatic hydroxyl groups is 2. The Bertz CT molecular complexity index is 806. The van der Waals surface area contributed by atoms with E-state index in [1.54, 1.807) is 6.92 Å². The van der Waals surface area contributed by atoms with Gasteiger partial charge in [0.25, 0.3) is 0 Å². The minimum absolute atomic E-state index is 0.442. The van der Waals surface area contributed by atoms with Gasteiger partial charge in [-0.1, -0.05) is 0 Å². The van der Waals surface area contributed by atoms with Gasteiger partial charge >= 0.3 is 0 Å². The molecule has 0 radical (unpaired) electrons. The van der Waals surface area contributed by atoms with Gasteiger partial charge in [0.2, 0.25) is 0 Å². The molecule has 2 fully saturated rings. The number of fused-ring (bicyclic) bond motifs is 1. The summed E-state index contributed by atoms with van der Waals surface area (Å²) < 4.78 is 22.2. The van der Waals surface area contributed by atoms with Crippen LogP contribution in [0.5, 0.6) is 0 Å². The maximum atomic E-state index is 15.1. The van der Waals surface area contributed by atoms with Crippen molar-refractivity contribution in [3.63, 3.8) is 0 Å². The van der Waals surface area contributed by atoms with Crippen LogP contribution in [0.2, 0.25) is 0 Å². The van der Waals surface area contributed by atoms with Crippen LogP contribution in [0.3, 0.4) is 0 Å². The molecule has 1 aliphatic heterocycles. The van der Waals surface area contributed by atoms with E-state index >= 15 is 4.39 Å². The zero-order valence-corrected chi connectivity index (χ0v) is 14.4. The van der Waals surface area contributed by atoms with Crippen LogP contribution in [-0.4, -0.2) is 67.3 Å². The quantitative estimate of drug-likeness (QED) is 0.837. The number of rotatable bonds is 4. The number of hydrogen-bond acceptors (Lipinski definition) is 7. The molecule has 2 aromatic rings. The molecule has 4 atom stereocenters. The lowest BCUT2D eigenvalue weighted by molar-refractivity contribution is -0.0567. The Kier molecular flexibility index (Phi) is 3.71. The molecule has 2 aliphatic rings. The summed E-state index contributed by atoms with van der Waals surface area (Å²) in [6, 6.07) is 0.442. The Labute approximate surface area is 144 Å². The van der Waals surface area contributed by atoms with Gasteiger partial charge < -0.3 is 19.8 Å². The third kappa shape index (κ3) is 2.49. The van der Waals surface area contributed by atoms with Gasteiger partial charge in [-0.2, -0.15) is 0 Å². The van der Waals surface area contributed by atoms with E-state index in [9.17, 15) is 10.2 Å². The normalized spacial score (nSPS) is 32.5. The molecule has 2 aromatic heterocycles. The van der Waals surface area contributed by atoms with Gasteiger partial charge in [0.05, 0.1) is 12.9 Å². The molecule has 136 valence electrons. The number of aliphatic hydroxyl groups excluding tert-OH is 2. The molecule has 1 saturated heterocycles. The summed E-state index contributed by atoms with van der Waals surface area (Å²) >= 11 is 0. The van der Waals surface area contributed by atoms with Crippen molar-refractivity contribution in [3.8, 4) is 0 Å². The third-order valence-electron chi connectivity index (χ3n) is 5.09. The highest BCUT2D eigenvalue weighted by Gasteiger charge is 2.55. The van der Waals surface area contributed by atoms with E-state index in [0.717, 1.165) is 12.8 Å². The molecule has 4 rings (SSSR count). The largest absolute Gasteiger partial charge is 0.394 e. The van der Waals surface area contributed by atoms with E-state index in [-0.39, 0.29) is 0 Å². The lowest BCUT2D eigenvalue weighted by Crippen LogP contribution is -2.40. The Balaban J connectivity index is 1.81. The number of halogens is 1. The molecule has 2 N–H and O–H groups in total. The zero-order valence-electron chi connectivity index (χ0n) is 14.4. The minimum atomic E-state index is -2.08. The van der Waals surface area contributed by atoms with Crippen LogP contribution in [0.4, 0.5) is 10.2 Å². The predicted molar refractivity (Wildman–Crippen MR) is 88.0 cm³/mol. The van der Waals surface area contributed by atoms with E-state index in [1.165, 1.54) is 17.8 Å². The summed E-state index contributed by atoms with van der Waals surface area (Å²) in [5.74, 6) is 1.26. The van der Waals surface area contributed by atoms with Gasteiger partial charge in [-0.05, 0) is 26.7 Å². The number of imidazole rings is 1. The molecular formula is C16H22FN5O3. The highest BCUT2D eigenvalue weighted by atomic mass is 19.1. The van der Waals surface area contributed by atoms with Gasteiger partial charge in [0.1, 0.15) is 18.0 Å². The summed E-state index contributed by atoms with van der Waals surface area (Å²) in [5, 5.41) is 19.4. The molecule has 1 aliphatic carbocycles. The molecule has 25 heavy (non-hydrogen) atoms. The Morgan fingerprint density at radius 2 is 2.16 bits per heavy atom. The first-order valence-electron chi connectivity index (χ1n) is 8.42. The van der Waals surface area contributed by atoms with E-state index in [2.05, 4.69) is 19.9 Å². The van der Waals surface area contributed by atoms with E-state index in [4.69, 9.17) is 4.74 Å². The summed E-state index contributed by atoms with van der Waals surface area (Å²) in [6.45, 7) is 2.57. The van der Waals surface area contributed by atoms with Crippen molar-refractivity contribution in [2.75, 3.05) is 18.6 Å². The first-order chi connectivity index (χ1) is 11.8. The van der Waals surface area contributed by atoms with Crippen LogP contribution in [0, 0.1) is 6.92 Å². The molecule has 0 unspecified atom stereocenters. The zero-order chi connectivity index (χ0) is 17.9. The summed E-state index contributed by atoms with van der Waals surface area (Å²) in [4.78, 5) is 15.4. The van der Waals surface area contributed by atoms with Crippen molar-refractivity contribution in [2.45, 2.75) is 56.8 Å². The second-order valence-electron chi connectivity index (χ2n) is 7.07. The molecule has 0 aromatic carbocycles. The Morgan fingerprint density at radius 3 is 2.76 bits per heavy atom. The second-order valence-corrected chi connectivity index (χ2v) is 7.07. The first-order valence-corrected chi connectivity index (χ1v) is 8.42. The number of anilines is 1. The van der Waals surface area contributed by atoms with Crippen LogP contribution in [0.15, 0.2) is 6.33 Å². The van der Waals surface area contributed by atoms with Crippen molar-refractivity contribution >= 4 is 17.0 Å². The van der Waals surface area contributed by atoms with E-state index in [1.807, 2.05) is 7.05 Å². The second kappa shape index (κ2) is 5.58. The number of nitrogens with zero attached hydrogens (tertiary/aromatic N) is 5. The van der Waals surface area contributed by atoms with E-state index < -0.39 is 30.7 Å². The summed E-state index contributed by atoms with van der Waals surface area (Å²) in [6.07, 6.45) is 0.127. The molecule has 9 heteroatoms. The van der Waals surface area contributed by atoms with Crippen LogP contribution < -0.4 is 4.90 Å². The lowest BCUT2D eigenvalue weighted by Gasteiger charge is -2.25. The van der Waals surface area contributed by atoms with Crippen LogP contribution in [0.1, 0.15) is 31.8 Å². The maximum absolute atomic E-state index is 15.1. The number of aryl methyl sites for hydroxylation is 1. The number of aromatic nitrogens is 4. The average molecular weight is 351 g/mol. The number of hydrogen-bond donors (Lipinski definition) is 2. The summed E-state index contributed by atoms with van der Waals surface area (Å²) in [7, 11) is 1.97. The minimum Gasteiger partial charge on any atom is -0.394 e. The predicted octanol–water partition coefficient (Wildman–Crippen LogP) is 0.712. The van der Waals surface area contributed by atoms with Gasteiger partial charge in [-0.3, -0.25) is 4.57 Å². The SMILES string of the molecule is Cc1nc(N(C)C2CC2)c2ncn([C@@H]3O[C@H](CO)[C@@H](O)[C@@]3(C)F)c2n1. The molecule has 0 bridgehead atoms. The van der Waals surface area contributed by atoms with E-state index in [0.29, 0.717) is 28.8 Å². The summed E-state index contributed by atoms with van der Waals surface area (Å²) in [5.41, 5.74) is -1.06. The van der Waals surface area contributed by atoms with Crippen molar-refractivity contribution in [1.82, 2.24) is 19.5 Å². The first kappa shape index (κ1) is 16.6. The Morgan fingerprint density at radius 1 is 1.44 bits per heavy atom. The molecule has 1 saturated carbocycles. The Hall–Kier alpha value is -1.84. The van der Waals surface area contributed by atoms with Gasteiger partial charge in [0.15, 0.2) is 28.9 Å². The van der Waals surface area contributed by atoms with Crippen LogP contribution >= 0.6 is 0 Å². The smallest absolute Gasteiger partial charge is 0.181 e. The van der Waals surface area contributed by atoms with Gasteiger partial charge in [-0.25, -0.2) is 19.3 Å². The molecule has 0 spiro atoms. The maximum Gasteiger partial charge on any atom is 0.181 e. The highest BCUT2D eigenvalue weighted by molar-refractivity contribution is 5.84. The van der Waals surface area contributed by atoms with Crippen LogP contribution in [0.25, 0.3) is 11.2 Å². The number of ether oxygens (including phenoxy) is 1. The highest BCUT2D eigenvalue weighted by Crippen LogP contribution is 2.43. The van der Waals surface area contributed by atoms with Crippen LogP contribution in [-0.2, 0) is 4.74 Å². The number of alkyl halides is 1. The topological polar surface area (TPSA) is 96.5 Å². The standard InChI is InChI=1S/C16H22FN5O3/c1-8-19-13(21(3)9-4-5-9)11-14(20-8)22(7-18-11)15-16(2,17)12(24)10(6-23)25-15/h7,9-10,12,15,23-24H,4-6H2,1-3H3/t10-,12-,15-,16-/m1/s1.